The van der Waals surface area contributed by atoms with Crippen LogP contribution in [0.2, 0.25) is 0 Å². The Morgan fingerprint density at radius 2 is 1.17 bits per heavy atom. The lowest BCUT2D eigenvalue weighted by molar-refractivity contribution is 0.0292. The van der Waals surface area contributed by atoms with Gasteiger partial charge in [0.1, 0.15) is 45.6 Å². The second-order valence-electron chi connectivity index (χ2n) is 18.4. The number of likely N-dealkylation sites (tertiary alicyclic amines) is 1. The van der Waals surface area contributed by atoms with E-state index in [1.165, 1.54) is 79.3 Å². The van der Waals surface area contributed by atoms with Crippen molar-refractivity contribution in [3.8, 4) is 11.1 Å². The second-order valence-corrected chi connectivity index (χ2v) is 18.4. The maximum atomic E-state index is 14.7. The van der Waals surface area contributed by atoms with Crippen LogP contribution in [0.4, 0.5) is 27.2 Å². The van der Waals surface area contributed by atoms with E-state index in [0.29, 0.717) is 80.4 Å². The third-order valence-electron chi connectivity index (χ3n) is 10.8. The third kappa shape index (κ3) is 10.8. The van der Waals surface area contributed by atoms with Crippen molar-refractivity contribution >= 4 is 45.7 Å². The molecular weight excluding hydrogens is 857 g/mol. The molecule has 4 aromatic carbocycles. The maximum Gasteiger partial charge on any atom is 0.418 e. The molecular formula is C52H50F4N2O8. The molecule has 0 radical (unpaired) electrons. The van der Waals surface area contributed by atoms with E-state index in [4.69, 9.17) is 18.3 Å². The summed E-state index contributed by atoms with van der Waals surface area (Å²) < 4.78 is 80.8. The summed E-state index contributed by atoms with van der Waals surface area (Å²) in [6.07, 6.45) is 3.10. The van der Waals surface area contributed by atoms with Crippen molar-refractivity contribution in [3.05, 3.63) is 154 Å². The van der Waals surface area contributed by atoms with Crippen molar-refractivity contribution in [2.24, 2.45) is 0 Å². The van der Waals surface area contributed by atoms with Crippen molar-refractivity contribution in [1.82, 2.24) is 9.47 Å². The number of ketones is 2. The molecule has 1 saturated heterocycles. The SMILES string of the molecule is CC(=O)c1oc2c(-c3ccn(C(=O)OC(C)(C)C)c3)cc(F)cc2c1Cc1cccc(F)c1.CC(=O)c1oc2c(C3CCN(C(=O)OC(C)(C)C)C3)cc(F)cc2c1Cc1cccc(F)c1. The maximum absolute atomic E-state index is 14.7. The number of Topliss-reactive ketones (excluding diaryl/α,β-unsaturated/α-hetero) is 2. The van der Waals surface area contributed by atoms with Gasteiger partial charge in [0, 0.05) is 96.7 Å². The fourth-order valence-corrected chi connectivity index (χ4v) is 8.08. The fraction of sp³-hybridized carbons (Fsp3) is 0.308. The number of nitrogens with zero attached hydrogens (tertiary/aromatic N) is 2. The summed E-state index contributed by atoms with van der Waals surface area (Å²) in [5.41, 5.74) is 3.29. The van der Waals surface area contributed by atoms with Gasteiger partial charge in [-0.25, -0.2) is 27.2 Å². The molecule has 1 aliphatic heterocycles. The van der Waals surface area contributed by atoms with Crippen LogP contribution in [0.25, 0.3) is 33.1 Å². The van der Waals surface area contributed by atoms with Gasteiger partial charge in [-0.1, -0.05) is 24.3 Å². The molecule has 10 nitrogen and oxygen atoms in total. The van der Waals surface area contributed by atoms with Crippen LogP contribution in [0.1, 0.15) is 117 Å². The first-order valence-corrected chi connectivity index (χ1v) is 21.4. The normalized spacial score (nSPS) is 14.1. The van der Waals surface area contributed by atoms with E-state index in [1.54, 1.807) is 76.8 Å². The Morgan fingerprint density at radius 1 is 0.652 bits per heavy atom. The number of hydrogen-bond acceptors (Lipinski definition) is 8. The van der Waals surface area contributed by atoms with Gasteiger partial charge < -0.3 is 23.2 Å². The molecule has 4 heterocycles. The molecule has 1 amide bonds. The number of benzene rings is 4. The number of carbonyl (C=O) groups excluding carboxylic acids is 4. The summed E-state index contributed by atoms with van der Waals surface area (Å²) in [5.74, 6) is -2.31. The van der Waals surface area contributed by atoms with Crippen LogP contribution in [0.15, 0.2) is 100 Å². The Bertz CT molecular complexity index is 3000. The molecule has 1 atom stereocenters. The van der Waals surface area contributed by atoms with E-state index >= 15 is 0 Å². The Balaban J connectivity index is 0.000000196. The number of rotatable bonds is 8. The molecule has 0 saturated carbocycles. The highest BCUT2D eigenvalue weighted by molar-refractivity contribution is 6.03. The van der Waals surface area contributed by atoms with Gasteiger partial charge in [-0.2, -0.15) is 0 Å². The van der Waals surface area contributed by atoms with Crippen LogP contribution in [-0.2, 0) is 22.3 Å². The summed E-state index contributed by atoms with van der Waals surface area (Å²) in [5, 5.41) is 0.916. The number of hydrogen-bond donors (Lipinski definition) is 0. The highest BCUT2D eigenvalue weighted by Gasteiger charge is 2.34. The Labute approximate surface area is 379 Å². The number of fused-ring (bicyclic) bond motifs is 2. The number of aromatic nitrogens is 1. The summed E-state index contributed by atoms with van der Waals surface area (Å²) in [4.78, 5) is 51.1. The zero-order valence-corrected chi connectivity index (χ0v) is 37.9. The third-order valence-corrected chi connectivity index (χ3v) is 10.8. The molecule has 1 unspecified atom stereocenters. The average Bonchev–Trinajstić information content (AvgIpc) is 4.03. The fourth-order valence-electron chi connectivity index (χ4n) is 8.08. The Hall–Kier alpha value is -6.96. The van der Waals surface area contributed by atoms with Crippen LogP contribution >= 0.6 is 0 Å². The number of halogens is 4. The molecule has 0 spiro atoms. The minimum atomic E-state index is -0.670. The van der Waals surface area contributed by atoms with Gasteiger partial charge in [-0.3, -0.25) is 14.2 Å². The van der Waals surface area contributed by atoms with E-state index in [0.717, 1.165) is 0 Å². The van der Waals surface area contributed by atoms with Crippen molar-refractivity contribution in [2.75, 3.05) is 13.1 Å². The molecule has 0 aliphatic carbocycles. The quantitative estimate of drug-likeness (QED) is 0.109. The van der Waals surface area contributed by atoms with Crippen molar-refractivity contribution in [2.45, 2.75) is 91.8 Å². The van der Waals surface area contributed by atoms with Crippen molar-refractivity contribution < 1.29 is 55.0 Å². The van der Waals surface area contributed by atoms with Gasteiger partial charge in [0.05, 0.1) is 0 Å². The van der Waals surface area contributed by atoms with Crippen LogP contribution < -0.4 is 0 Å². The zero-order chi connectivity index (χ0) is 47.8. The minimum absolute atomic E-state index is 0.0905. The van der Waals surface area contributed by atoms with Gasteiger partial charge in [-0.15, -0.1) is 0 Å². The zero-order valence-electron chi connectivity index (χ0n) is 37.9. The molecule has 0 N–H and O–H groups in total. The second kappa shape index (κ2) is 18.5. The highest BCUT2D eigenvalue weighted by atomic mass is 19.1. The highest BCUT2D eigenvalue weighted by Crippen LogP contribution is 2.40. The van der Waals surface area contributed by atoms with E-state index in [1.807, 2.05) is 0 Å². The number of furan rings is 2. The standard InChI is InChI=1S/C26H27F2NO4.C26H23F2NO4/c2*1-15(30)23-21(11-16-6-5-7-18(27)10-16)22-13-19(28)12-20(24(22)32-23)17-8-9-29(14-17)25(31)33-26(2,3)4/h5-7,10,12-13,17H,8-9,11,14H2,1-4H3;5-10,12-14H,11H2,1-4H3. The van der Waals surface area contributed by atoms with Crippen LogP contribution in [0.3, 0.4) is 0 Å². The van der Waals surface area contributed by atoms with Crippen LogP contribution in [0, 0.1) is 23.3 Å². The van der Waals surface area contributed by atoms with Gasteiger partial charge >= 0.3 is 12.2 Å². The summed E-state index contributed by atoms with van der Waals surface area (Å²) >= 11 is 0. The van der Waals surface area contributed by atoms with Gasteiger partial charge in [0.15, 0.2) is 23.1 Å². The summed E-state index contributed by atoms with van der Waals surface area (Å²) in [6, 6.07) is 19.1. The lowest BCUT2D eigenvalue weighted by Crippen LogP contribution is -2.35. The molecule has 0 bridgehead atoms. The van der Waals surface area contributed by atoms with E-state index < -0.39 is 40.8 Å². The first-order valence-electron chi connectivity index (χ1n) is 21.4. The van der Waals surface area contributed by atoms with E-state index in [2.05, 4.69) is 0 Å². The molecule has 344 valence electrons. The minimum Gasteiger partial charge on any atom is -0.452 e. The summed E-state index contributed by atoms with van der Waals surface area (Å²) in [6.45, 7) is 14.3. The molecule has 66 heavy (non-hydrogen) atoms. The first-order chi connectivity index (χ1) is 31.0. The van der Waals surface area contributed by atoms with Crippen LogP contribution in [-0.4, -0.2) is 57.5 Å². The van der Waals surface area contributed by atoms with Crippen molar-refractivity contribution in [1.29, 1.82) is 0 Å². The van der Waals surface area contributed by atoms with E-state index in [-0.39, 0.29) is 47.7 Å². The number of ether oxygens (including phenoxy) is 2. The topological polar surface area (TPSA) is 121 Å². The lowest BCUT2D eigenvalue weighted by Gasteiger charge is -2.24. The molecule has 1 fully saturated rings. The molecule has 7 aromatic rings. The Morgan fingerprint density at radius 3 is 1.70 bits per heavy atom. The molecule has 1 aliphatic rings. The molecule has 8 rings (SSSR count). The largest absolute Gasteiger partial charge is 0.452 e. The smallest absolute Gasteiger partial charge is 0.418 e. The van der Waals surface area contributed by atoms with Gasteiger partial charge in [-0.05, 0) is 114 Å². The predicted molar refractivity (Wildman–Crippen MR) is 241 cm³/mol. The van der Waals surface area contributed by atoms with Crippen molar-refractivity contribution in [3.63, 3.8) is 0 Å². The van der Waals surface area contributed by atoms with E-state index in [9.17, 15) is 36.7 Å². The lowest BCUT2D eigenvalue weighted by atomic mass is 9.94. The van der Waals surface area contributed by atoms with Gasteiger partial charge in [0.25, 0.3) is 0 Å². The summed E-state index contributed by atoms with van der Waals surface area (Å²) in [7, 11) is 0. The van der Waals surface area contributed by atoms with Crippen LogP contribution in [0.5, 0.6) is 0 Å². The monoisotopic (exact) mass is 906 g/mol. The predicted octanol–water partition coefficient (Wildman–Crippen LogP) is 13.0. The van der Waals surface area contributed by atoms with Gasteiger partial charge in [0.2, 0.25) is 0 Å². The molecule has 3 aromatic heterocycles. The number of amides is 1. The average molecular weight is 907 g/mol. The first kappa shape index (κ1) is 47.0. The Kier molecular flexibility index (Phi) is 13.2. The number of carbonyl (C=O) groups is 4. The molecule has 14 heteroatoms.